The van der Waals surface area contributed by atoms with Gasteiger partial charge in [0.1, 0.15) is 12.3 Å². The number of ether oxygens (including phenoxy) is 2. The number of fused-ring (bicyclic) bond motifs is 1. The molecular weight excluding hydrogens is 472 g/mol. The van der Waals surface area contributed by atoms with Gasteiger partial charge in [-0.05, 0) is 54.0 Å². The summed E-state index contributed by atoms with van der Waals surface area (Å²) >= 11 is 0. The van der Waals surface area contributed by atoms with Gasteiger partial charge in [0.15, 0.2) is 17.3 Å². The minimum Gasteiger partial charge on any atom is -0.493 e. The Morgan fingerprint density at radius 2 is 1.95 bits per heavy atom. The molecule has 0 unspecified atom stereocenters. The number of furan rings is 1. The van der Waals surface area contributed by atoms with E-state index in [2.05, 4.69) is 32.3 Å². The number of H-pyrrole nitrogens is 1. The number of aromatic amines is 1. The number of hydrogen-bond donors (Lipinski definition) is 1. The molecule has 10 heteroatoms. The quantitative estimate of drug-likeness (QED) is 0.336. The largest absolute Gasteiger partial charge is 0.493 e. The average molecular weight is 507 g/mol. The summed E-state index contributed by atoms with van der Waals surface area (Å²) in [4.78, 5) is 18.8. The van der Waals surface area contributed by atoms with Gasteiger partial charge >= 0.3 is 0 Å². The van der Waals surface area contributed by atoms with Crippen molar-refractivity contribution in [3.63, 3.8) is 0 Å². The first kappa shape index (κ1) is 25.0. The third-order valence-electron chi connectivity index (χ3n) is 7.35. The summed E-state index contributed by atoms with van der Waals surface area (Å²) in [6, 6.07) is 9.74. The molecule has 0 saturated heterocycles. The van der Waals surface area contributed by atoms with Gasteiger partial charge in [-0.1, -0.05) is 26.2 Å². The molecule has 0 spiro atoms. The average Bonchev–Trinajstić information content (AvgIpc) is 3.61. The second-order valence-corrected chi connectivity index (χ2v) is 9.58. The molecule has 5 rings (SSSR count). The molecule has 1 atom stereocenters. The van der Waals surface area contributed by atoms with Crippen LogP contribution in [0.3, 0.4) is 0 Å². The number of hydrogen-bond acceptors (Lipinski definition) is 8. The van der Waals surface area contributed by atoms with E-state index in [0.717, 1.165) is 36.2 Å². The molecule has 0 aliphatic heterocycles. The first-order valence-corrected chi connectivity index (χ1v) is 12.9. The molecule has 0 bridgehead atoms. The second-order valence-electron chi connectivity index (χ2n) is 9.58. The molecule has 4 aromatic rings. The van der Waals surface area contributed by atoms with E-state index in [4.69, 9.17) is 13.9 Å². The first-order valence-electron chi connectivity index (χ1n) is 12.9. The normalized spacial score (nSPS) is 15.4. The summed E-state index contributed by atoms with van der Waals surface area (Å²) in [6.07, 6.45) is 8.25. The highest BCUT2D eigenvalue weighted by molar-refractivity contribution is 5.83. The molecule has 1 saturated carbocycles. The van der Waals surface area contributed by atoms with Crippen LogP contribution in [0.1, 0.15) is 68.6 Å². The van der Waals surface area contributed by atoms with E-state index in [0.29, 0.717) is 41.7 Å². The van der Waals surface area contributed by atoms with Gasteiger partial charge < -0.3 is 18.9 Å². The maximum Gasteiger partial charge on any atom is 0.252 e. The maximum absolute atomic E-state index is 13.3. The summed E-state index contributed by atoms with van der Waals surface area (Å²) < 4.78 is 18.3. The van der Waals surface area contributed by atoms with E-state index in [1.165, 1.54) is 19.3 Å². The molecule has 10 nitrogen and oxygen atoms in total. The lowest BCUT2D eigenvalue weighted by Gasteiger charge is -2.39. The fourth-order valence-corrected chi connectivity index (χ4v) is 5.48. The summed E-state index contributed by atoms with van der Waals surface area (Å²) in [5, 5.41) is 13.6. The lowest BCUT2D eigenvalue weighted by Crippen LogP contribution is -2.41. The molecule has 0 amide bonds. The van der Waals surface area contributed by atoms with Crippen LogP contribution in [0, 0.1) is 0 Å². The molecule has 1 aromatic carbocycles. The van der Waals surface area contributed by atoms with Crippen LogP contribution in [0.5, 0.6) is 11.5 Å². The van der Waals surface area contributed by atoms with Gasteiger partial charge in [-0.25, -0.2) is 4.68 Å². The number of tetrazole rings is 1. The van der Waals surface area contributed by atoms with E-state index in [1.807, 2.05) is 28.9 Å². The third-order valence-corrected chi connectivity index (χ3v) is 7.35. The van der Waals surface area contributed by atoms with Crippen LogP contribution in [0.15, 0.2) is 45.8 Å². The SMILES string of the molecule is CC[C@H](c1nnnn1Cc1ccco1)N(Cc1cc2cc(OC)c(OC)cc2[nH]c1=O)C1CCCCC1. The summed E-state index contributed by atoms with van der Waals surface area (Å²) in [5.41, 5.74) is 1.31. The number of aromatic nitrogens is 5. The second kappa shape index (κ2) is 11.2. The van der Waals surface area contributed by atoms with Crippen LogP contribution in [-0.4, -0.2) is 50.4 Å². The van der Waals surface area contributed by atoms with E-state index < -0.39 is 0 Å². The molecule has 37 heavy (non-hydrogen) atoms. The number of pyridine rings is 1. The first-order chi connectivity index (χ1) is 18.1. The Kier molecular flexibility index (Phi) is 7.55. The molecular formula is C27H34N6O4. The van der Waals surface area contributed by atoms with Crippen LogP contribution in [0.25, 0.3) is 10.9 Å². The van der Waals surface area contributed by atoms with Gasteiger partial charge in [-0.3, -0.25) is 9.69 Å². The van der Waals surface area contributed by atoms with Gasteiger partial charge in [0.2, 0.25) is 0 Å². The van der Waals surface area contributed by atoms with Crippen molar-refractivity contribution in [2.45, 2.75) is 70.6 Å². The Hall–Kier alpha value is -3.66. The van der Waals surface area contributed by atoms with E-state index in [1.54, 1.807) is 26.5 Å². The van der Waals surface area contributed by atoms with Gasteiger partial charge in [-0.2, -0.15) is 0 Å². The van der Waals surface area contributed by atoms with Crippen molar-refractivity contribution in [2.75, 3.05) is 14.2 Å². The van der Waals surface area contributed by atoms with Crippen molar-refractivity contribution >= 4 is 10.9 Å². The Morgan fingerprint density at radius 3 is 2.65 bits per heavy atom. The molecule has 0 radical (unpaired) electrons. The van der Waals surface area contributed by atoms with E-state index >= 15 is 0 Å². The maximum atomic E-state index is 13.3. The number of nitrogens with zero attached hydrogens (tertiary/aromatic N) is 5. The third kappa shape index (κ3) is 5.24. The van der Waals surface area contributed by atoms with E-state index in [9.17, 15) is 4.79 Å². The topological polar surface area (TPSA) is 111 Å². The number of methoxy groups -OCH3 is 2. The van der Waals surface area contributed by atoms with Gasteiger partial charge in [-0.15, -0.1) is 5.10 Å². The smallest absolute Gasteiger partial charge is 0.252 e. The predicted molar refractivity (Wildman–Crippen MR) is 139 cm³/mol. The zero-order valence-electron chi connectivity index (χ0n) is 21.6. The zero-order chi connectivity index (χ0) is 25.8. The van der Waals surface area contributed by atoms with Crippen LogP contribution in [0.2, 0.25) is 0 Å². The summed E-state index contributed by atoms with van der Waals surface area (Å²) in [6.45, 7) is 3.10. The van der Waals surface area contributed by atoms with Crippen LogP contribution in [0.4, 0.5) is 0 Å². The van der Waals surface area contributed by atoms with Gasteiger partial charge in [0.05, 0.1) is 32.0 Å². The van der Waals surface area contributed by atoms with Crippen LogP contribution in [-0.2, 0) is 13.1 Å². The monoisotopic (exact) mass is 506 g/mol. The van der Waals surface area contributed by atoms with Crippen molar-refractivity contribution in [2.24, 2.45) is 0 Å². The molecule has 196 valence electrons. The van der Waals surface area contributed by atoms with Crippen LogP contribution < -0.4 is 15.0 Å². The molecule has 1 aliphatic carbocycles. The van der Waals surface area contributed by atoms with Crippen molar-refractivity contribution < 1.29 is 13.9 Å². The standard InChI is InChI=1S/C27H34N6O4/c1-4-23(26-29-30-31-33(26)17-21-11-8-12-37-21)32(20-9-6-5-7-10-20)16-19-13-18-14-24(35-2)25(36-3)15-22(18)28-27(19)34/h8,11-15,20,23H,4-7,9-10,16-17H2,1-3H3,(H,28,34)/t23-/m1/s1. The van der Waals surface area contributed by atoms with Crippen LogP contribution >= 0.6 is 0 Å². The Bertz CT molecular complexity index is 1370. The lowest BCUT2D eigenvalue weighted by atomic mass is 9.92. The summed E-state index contributed by atoms with van der Waals surface area (Å²) in [7, 11) is 3.20. The molecule has 3 aromatic heterocycles. The van der Waals surface area contributed by atoms with Gasteiger partial charge in [0.25, 0.3) is 5.56 Å². The Labute approximate surface area is 215 Å². The molecule has 3 heterocycles. The Balaban J connectivity index is 1.52. The van der Waals surface area contributed by atoms with Crippen molar-refractivity contribution in [1.29, 1.82) is 0 Å². The highest BCUT2D eigenvalue weighted by atomic mass is 16.5. The van der Waals surface area contributed by atoms with Crippen molar-refractivity contribution in [3.8, 4) is 11.5 Å². The number of rotatable bonds is 10. The zero-order valence-corrected chi connectivity index (χ0v) is 21.6. The number of benzene rings is 1. The fourth-order valence-electron chi connectivity index (χ4n) is 5.48. The van der Waals surface area contributed by atoms with Crippen molar-refractivity contribution in [1.82, 2.24) is 30.1 Å². The highest BCUT2D eigenvalue weighted by Gasteiger charge is 2.32. The molecule has 1 fully saturated rings. The van der Waals surface area contributed by atoms with Gasteiger partial charge in [0, 0.05) is 29.6 Å². The minimum atomic E-state index is -0.106. The summed E-state index contributed by atoms with van der Waals surface area (Å²) in [5.74, 6) is 2.79. The predicted octanol–water partition coefficient (Wildman–Crippen LogP) is 4.46. The molecule has 1 aliphatic rings. The van der Waals surface area contributed by atoms with Crippen molar-refractivity contribution in [3.05, 3.63) is 64.1 Å². The molecule has 1 N–H and O–H groups in total. The Morgan fingerprint density at radius 1 is 1.16 bits per heavy atom. The minimum absolute atomic E-state index is 0.0476. The van der Waals surface area contributed by atoms with E-state index in [-0.39, 0.29) is 11.6 Å². The highest BCUT2D eigenvalue weighted by Crippen LogP contribution is 2.34. The lowest BCUT2D eigenvalue weighted by molar-refractivity contribution is 0.0842. The fraction of sp³-hybridized carbons (Fsp3) is 0.481. The number of nitrogens with one attached hydrogen (secondary N) is 1.